The lowest BCUT2D eigenvalue weighted by Gasteiger charge is -2.24. The molecule has 5 rings (SSSR count). The largest absolute Gasteiger partial charge is 0.487 e. The van der Waals surface area contributed by atoms with Crippen molar-refractivity contribution in [3.8, 4) is 5.75 Å². The van der Waals surface area contributed by atoms with Gasteiger partial charge in [-0.1, -0.05) is 6.07 Å². The van der Waals surface area contributed by atoms with Crippen molar-refractivity contribution in [1.82, 2.24) is 15.2 Å². The molecule has 1 aromatic heterocycles. The second-order valence-electron chi connectivity index (χ2n) is 8.50. The SMILES string of the molecule is O=C(c1cscn1)N(Cc1ccc(F)c(OC2CCCC2)c1)CC1C2CNCC21. The van der Waals surface area contributed by atoms with Gasteiger partial charge in [0.15, 0.2) is 11.6 Å². The smallest absolute Gasteiger partial charge is 0.273 e. The molecule has 0 spiro atoms. The first kappa shape index (κ1) is 19.0. The Morgan fingerprint density at radius 2 is 2.07 bits per heavy atom. The van der Waals surface area contributed by atoms with Crippen molar-refractivity contribution in [3.05, 3.63) is 46.2 Å². The molecule has 2 heterocycles. The summed E-state index contributed by atoms with van der Waals surface area (Å²) in [5, 5.41) is 5.20. The van der Waals surface area contributed by atoms with E-state index in [1.807, 2.05) is 4.90 Å². The van der Waals surface area contributed by atoms with Crippen LogP contribution < -0.4 is 10.1 Å². The lowest BCUT2D eigenvalue weighted by atomic mass is 10.1. The third-order valence-corrected chi connectivity index (χ3v) is 7.19. The van der Waals surface area contributed by atoms with Crippen LogP contribution in [0.5, 0.6) is 5.75 Å². The van der Waals surface area contributed by atoms with Crippen LogP contribution in [-0.2, 0) is 6.54 Å². The van der Waals surface area contributed by atoms with E-state index in [-0.39, 0.29) is 17.8 Å². The molecular weight excluding hydrogens is 389 g/mol. The van der Waals surface area contributed by atoms with Gasteiger partial charge in [0.2, 0.25) is 0 Å². The summed E-state index contributed by atoms with van der Waals surface area (Å²) in [5.41, 5.74) is 3.07. The average Bonchev–Trinajstić information content (AvgIpc) is 3.30. The fourth-order valence-corrected chi connectivity index (χ4v) is 5.44. The van der Waals surface area contributed by atoms with Gasteiger partial charge in [-0.25, -0.2) is 9.37 Å². The summed E-state index contributed by atoms with van der Waals surface area (Å²) >= 11 is 1.43. The Kier molecular flexibility index (Phi) is 5.26. The molecule has 2 saturated carbocycles. The first-order chi connectivity index (χ1) is 14.2. The number of rotatable bonds is 7. The maximum Gasteiger partial charge on any atom is 0.273 e. The van der Waals surface area contributed by atoms with E-state index in [1.54, 1.807) is 23.0 Å². The fourth-order valence-electron chi connectivity index (χ4n) is 4.91. The summed E-state index contributed by atoms with van der Waals surface area (Å²) in [6, 6.07) is 4.98. The molecule has 1 amide bonds. The van der Waals surface area contributed by atoms with Crippen LogP contribution in [0.1, 0.15) is 41.7 Å². The highest BCUT2D eigenvalue weighted by Crippen LogP contribution is 2.49. The van der Waals surface area contributed by atoms with E-state index < -0.39 is 0 Å². The van der Waals surface area contributed by atoms with Gasteiger partial charge >= 0.3 is 0 Å². The van der Waals surface area contributed by atoms with Gasteiger partial charge in [-0.3, -0.25) is 4.79 Å². The number of amides is 1. The highest BCUT2D eigenvalue weighted by Gasteiger charge is 2.53. The number of nitrogens with one attached hydrogen (secondary N) is 1. The Morgan fingerprint density at radius 1 is 1.28 bits per heavy atom. The predicted octanol–water partition coefficient (Wildman–Crippen LogP) is 3.71. The molecule has 7 heteroatoms. The average molecular weight is 416 g/mol. The molecule has 0 radical (unpaired) electrons. The summed E-state index contributed by atoms with van der Waals surface area (Å²) in [4.78, 5) is 19.2. The number of hydrogen-bond acceptors (Lipinski definition) is 5. The van der Waals surface area contributed by atoms with E-state index in [1.165, 1.54) is 17.4 Å². The Balaban J connectivity index is 1.33. The summed E-state index contributed by atoms with van der Waals surface area (Å²) in [6.07, 6.45) is 4.35. The maximum absolute atomic E-state index is 14.3. The number of ether oxygens (including phenoxy) is 1. The molecule has 154 valence electrons. The highest BCUT2D eigenvalue weighted by atomic mass is 32.1. The molecule has 2 aromatic rings. The van der Waals surface area contributed by atoms with Crippen molar-refractivity contribution in [2.24, 2.45) is 17.8 Å². The third kappa shape index (κ3) is 4.03. The number of fused-ring (bicyclic) bond motifs is 1. The van der Waals surface area contributed by atoms with Crippen LogP contribution >= 0.6 is 11.3 Å². The number of carbonyl (C=O) groups excluding carboxylic acids is 1. The molecule has 1 N–H and O–H groups in total. The minimum absolute atomic E-state index is 0.0493. The molecule has 2 atom stereocenters. The molecule has 1 saturated heterocycles. The van der Waals surface area contributed by atoms with Gasteiger partial charge in [-0.2, -0.15) is 0 Å². The minimum Gasteiger partial charge on any atom is -0.487 e. The van der Waals surface area contributed by atoms with Crippen LogP contribution in [0.15, 0.2) is 29.1 Å². The van der Waals surface area contributed by atoms with Gasteiger partial charge in [-0.15, -0.1) is 11.3 Å². The van der Waals surface area contributed by atoms with Crippen LogP contribution in [0.25, 0.3) is 0 Å². The van der Waals surface area contributed by atoms with E-state index in [2.05, 4.69) is 10.3 Å². The molecule has 1 aliphatic heterocycles. The van der Waals surface area contributed by atoms with Gasteiger partial charge in [0.25, 0.3) is 5.91 Å². The number of piperidine rings is 1. The lowest BCUT2D eigenvalue weighted by Crippen LogP contribution is -2.34. The number of aromatic nitrogens is 1. The summed E-state index contributed by atoms with van der Waals surface area (Å²) in [5.74, 6) is 1.83. The van der Waals surface area contributed by atoms with Gasteiger partial charge in [0.05, 0.1) is 11.6 Å². The Bertz CT molecular complexity index is 859. The highest BCUT2D eigenvalue weighted by molar-refractivity contribution is 7.07. The molecule has 5 nitrogen and oxygen atoms in total. The van der Waals surface area contributed by atoms with Gasteiger partial charge in [0, 0.05) is 18.5 Å². The van der Waals surface area contributed by atoms with E-state index >= 15 is 0 Å². The Hall–Kier alpha value is -1.99. The van der Waals surface area contributed by atoms with Crippen LogP contribution in [0.3, 0.4) is 0 Å². The zero-order valence-corrected chi connectivity index (χ0v) is 17.2. The molecule has 1 aromatic carbocycles. The molecule has 3 fully saturated rings. The van der Waals surface area contributed by atoms with Gasteiger partial charge in [0.1, 0.15) is 5.69 Å². The lowest BCUT2D eigenvalue weighted by molar-refractivity contribution is 0.0723. The molecule has 2 unspecified atom stereocenters. The zero-order valence-electron chi connectivity index (χ0n) is 16.4. The summed E-state index contributed by atoms with van der Waals surface area (Å²) in [6.45, 7) is 3.26. The number of carbonyl (C=O) groups is 1. The predicted molar refractivity (Wildman–Crippen MR) is 109 cm³/mol. The third-order valence-electron chi connectivity index (χ3n) is 6.60. The monoisotopic (exact) mass is 415 g/mol. The fraction of sp³-hybridized carbons (Fsp3) is 0.545. The standard InChI is InChI=1S/C22H26FN3O2S/c23-19-6-5-14(7-21(19)28-15-3-1-2-4-15)10-26(22(27)20-12-29-13-25-20)11-18-16-8-24-9-17(16)18/h5-7,12-13,15-18,24H,1-4,8-11H2. The molecule has 2 aliphatic carbocycles. The quantitative estimate of drug-likeness (QED) is 0.749. The van der Waals surface area contributed by atoms with E-state index in [0.717, 1.165) is 50.9 Å². The summed E-state index contributed by atoms with van der Waals surface area (Å²) < 4.78 is 20.2. The van der Waals surface area contributed by atoms with Crippen molar-refractivity contribution in [2.75, 3.05) is 19.6 Å². The minimum atomic E-state index is -0.333. The van der Waals surface area contributed by atoms with E-state index in [9.17, 15) is 9.18 Å². The number of thiazole rings is 1. The van der Waals surface area contributed by atoms with Crippen molar-refractivity contribution >= 4 is 17.2 Å². The molecule has 29 heavy (non-hydrogen) atoms. The van der Waals surface area contributed by atoms with E-state index in [0.29, 0.717) is 35.7 Å². The van der Waals surface area contributed by atoms with Gasteiger partial charge in [-0.05, 0) is 74.2 Å². The second-order valence-corrected chi connectivity index (χ2v) is 9.22. The Labute approximate surface area is 174 Å². The molecule has 0 bridgehead atoms. The van der Waals surface area contributed by atoms with Crippen molar-refractivity contribution in [1.29, 1.82) is 0 Å². The van der Waals surface area contributed by atoms with Crippen molar-refractivity contribution < 1.29 is 13.9 Å². The molecule has 3 aliphatic rings. The number of nitrogens with zero attached hydrogens (tertiary/aromatic N) is 2. The van der Waals surface area contributed by atoms with Crippen molar-refractivity contribution in [2.45, 2.75) is 38.3 Å². The number of benzene rings is 1. The van der Waals surface area contributed by atoms with Crippen LogP contribution in [0.4, 0.5) is 4.39 Å². The maximum atomic E-state index is 14.3. The van der Waals surface area contributed by atoms with Gasteiger partial charge < -0.3 is 15.0 Å². The summed E-state index contributed by atoms with van der Waals surface area (Å²) in [7, 11) is 0. The van der Waals surface area contributed by atoms with E-state index in [4.69, 9.17) is 4.74 Å². The Morgan fingerprint density at radius 3 is 2.79 bits per heavy atom. The van der Waals surface area contributed by atoms with Crippen LogP contribution in [-0.4, -0.2) is 41.5 Å². The molecular formula is C22H26FN3O2S. The first-order valence-corrected chi connectivity index (χ1v) is 11.5. The normalized spacial score (nSPS) is 25.8. The number of halogens is 1. The topological polar surface area (TPSA) is 54.5 Å². The zero-order chi connectivity index (χ0) is 19.8. The van der Waals surface area contributed by atoms with Crippen molar-refractivity contribution in [3.63, 3.8) is 0 Å². The first-order valence-electron chi connectivity index (χ1n) is 10.5. The number of hydrogen-bond donors (Lipinski definition) is 1. The van der Waals surface area contributed by atoms with Crippen LogP contribution in [0.2, 0.25) is 0 Å². The second kappa shape index (κ2) is 8.03. The van der Waals surface area contributed by atoms with Crippen LogP contribution in [0, 0.1) is 23.6 Å².